The fourth-order valence-corrected chi connectivity index (χ4v) is 10.9. The summed E-state index contributed by atoms with van der Waals surface area (Å²) in [6.45, 7) is 13.0. The molecular formula is C32H52O4. The van der Waals surface area contributed by atoms with Crippen molar-refractivity contribution < 1.29 is 19.0 Å². The van der Waals surface area contributed by atoms with Crippen LogP contribution in [0.2, 0.25) is 0 Å². The van der Waals surface area contributed by atoms with Gasteiger partial charge in [-0.1, -0.05) is 41.0 Å². The first kappa shape index (κ1) is 25.7. The van der Waals surface area contributed by atoms with Crippen molar-refractivity contribution in [1.29, 1.82) is 0 Å². The van der Waals surface area contributed by atoms with Crippen molar-refractivity contribution in [3.8, 4) is 0 Å². The summed E-state index contributed by atoms with van der Waals surface area (Å²) in [5.41, 5.74) is 0.820. The molecule has 0 N–H and O–H groups in total. The second kappa shape index (κ2) is 9.25. The summed E-state index contributed by atoms with van der Waals surface area (Å²) in [7, 11) is 0. The molecule has 4 nitrogen and oxygen atoms in total. The Balaban J connectivity index is 1.15. The number of esters is 1. The molecule has 4 aliphatic carbocycles. The Morgan fingerprint density at radius 2 is 1.75 bits per heavy atom. The molecule has 12 atom stereocenters. The molecule has 0 bridgehead atoms. The van der Waals surface area contributed by atoms with E-state index in [2.05, 4.69) is 34.6 Å². The topological polar surface area (TPSA) is 44.8 Å². The molecule has 0 amide bonds. The molecule has 12 unspecified atom stereocenters. The lowest BCUT2D eigenvalue weighted by molar-refractivity contribution is -0.273. The highest BCUT2D eigenvalue weighted by Gasteiger charge is 2.69. The number of rotatable bonds is 4. The Hall–Kier alpha value is -0.610. The molecule has 4 heteroatoms. The SMILES string of the molecule is CCCCC(=O)OC1CCC2(C)C(CCC3C2CCC2(C)C3CC3OC4(CCC(C)CO4)C(C)C32)C1. The molecule has 0 aromatic carbocycles. The second-order valence-corrected chi connectivity index (χ2v) is 14.7. The van der Waals surface area contributed by atoms with Gasteiger partial charge in [-0.05, 0) is 111 Å². The highest BCUT2D eigenvalue weighted by atomic mass is 16.7. The summed E-state index contributed by atoms with van der Waals surface area (Å²) >= 11 is 0. The largest absolute Gasteiger partial charge is 0.462 e. The molecule has 204 valence electrons. The minimum Gasteiger partial charge on any atom is -0.462 e. The summed E-state index contributed by atoms with van der Waals surface area (Å²) < 4.78 is 19.4. The zero-order valence-corrected chi connectivity index (χ0v) is 23.7. The van der Waals surface area contributed by atoms with Gasteiger partial charge in [-0.2, -0.15) is 0 Å². The molecule has 6 fully saturated rings. The van der Waals surface area contributed by atoms with Crippen molar-refractivity contribution >= 4 is 5.97 Å². The van der Waals surface area contributed by atoms with Crippen LogP contribution in [0.4, 0.5) is 0 Å². The number of hydrogen-bond acceptors (Lipinski definition) is 4. The van der Waals surface area contributed by atoms with Crippen molar-refractivity contribution in [2.24, 2.45) is 52.3 Å². The van der Waals surface area contributed by atoms with E-state index in [1.54, 1.807) is 0 Å². The summed E-state index contributed by atoms with van der Waals surface area (Å²) in [5, 5.41) is 0. The Morgan fingerprint density at radius 3 is 2.50 bits per heavy atom. The van der Waals surface area contributed by atoms with Gasteiger partial charge < -0.3 is 14.2 Å². The van der Waals surface area contributed by atoms with Crippen LogP contribution >= 0.6 is 0 Å². The van der Waals surface area contributed by atoms with Crippen molar-refractivity contribution in [2.75, 3.05) is 6.61 Å². The minimum atomic E-state index is -0.302. The van der Waals surface area contributed by atoms with Gasteiger partial charge in [0.25, 0.3) is 0 Å². The van der Waals surface area contributed by atoms with E-state index < -0.39 is 0 Å². The fraction of sp³-hybridized carbons (Fsp3) is 0.969. The normalized spacial score (nSPS) is 53.9. The molecule has 2 saturated heterocycles. The van der Waals surface area contributed by atoms with Gasteiger partial charge in [0, 0.05) is 18.8 Å². The molecule has 0 aromatic heterocycles. The molecule has 2 heterocycles. The van der Waals surface area contributed by atoms with E-state index in [9.17, 15) is 4.79 Å². The lowest BCUT2D eigenvalue weighted by atomic mass is 9.44. The molecule has 2 aliphatic heterocycles. The van der Waals surface area contributed by atoms with Crippen molar-refractivity contribution in [3.63, 3.8) is 0 Å². The molecule has 4 saturated carbocycles. The number of fused-ring (bicyclic) bond motifs is 7. The van der Waals surface area contributed by atoms with Gasteiger partial charge in [-0.3, -0.25) is 4.79 Å². The molecule has 36 heavy (non-hydrogen) atoms. The molecule has 0 aromatic rings. The average Bonchev–Trinajstić information content (AvgIpc) is 3.30. The number of carbonyl (C=O) groups is 1. The van der Waals surface area contributed by atoms with Crippen LogP contribution in [0.5, 0.6) is 0 Å². The Morgan fingerprint density at radius 1 is 0.944 bits per heavy atom. The van der Waals surface area contributed by atoms with E-state index in [0.717, 1.165) is 62.4 Å². The van der Waals surface area contributed by atoms with Crippen LogP contribution in [0, 0.1) is 52.3 Å². The van der Waals surface area contributed by atoms with Crippen LogP contribution in [-0.2, 0) is 19.0 Å². The van der Waals surface area contributed by atoms with Gasteiger partial charge in [0.1, 0.15) is 6.10 Å². The van der Waals surface area contributed by atoms with Crippen LogP contribution in [0.1, 0.15) is 118 Å². The van der Waals surface area contributed by atoms with E-state index in [1.165, 1.54) is 44.9 Å². The minimum absolute atomic E-state index is 0.0355. The van der Waals surface area contributed by atoms with Crippen molar-refractivity contribution in [3.05, 3.63) is 0 Å². The molecule has 0 radical (unpaired) electrons. The number of hydrogen-bond donors (Lipinski definition) is 0. The first-order chi connectivity index (χ1) is 17.2. The van der Waals surface area contributed by atoms with E-state index in [0.29, 0.717) is 41.1 Å². The van der Waals surface area contributed by atoms with Crippen LogP contribution in [0.15, 0.2) is 0 Å². The van der Waals surface area contributed by atoms with Gasteiger partial charge in [0.05, 0.1) is 12.7 Å². The maximum Gasteiger partial charge on any atom is 0.306 e. The molecular weight excluding hydrogens is 448 g/mol. The first-order valence-electron chi connectivity index (χ1n) is 15.7. The number of carbonyl (C=O) groups excluding carboxylic acids is 1. The van der Waals surface area contributed by atoms with Crippen molar-refractivity contribution in [2.45, 2.75) is 136 Å². The monoisotopic (exact) mass is 500 g/mol. The summed E-state index contributed by atoms with van der Waals surface area (Å²) in [4.78, 5) is 12.3. The number of unbranched alkanes of at least 4 members (excludes halogenated alkanes) is 1. The van der Waals surface area contributed by atoms with E-state index in [4.69, 9.17) is 14.2 Å². The summed E-state index contributed by atoms with van der Waals surface area (Å²) in [5.74, 6) is 4.76. The lowest BCUT2D eigenvalue weighted by Crippen LogP contribution is -2.55. The third-order valence-corrected chi connectivity index (χ3v) is 12.9. The van der Waals surface area contributed by atoms with E-state index in [1.807, 2.05) is 0 Å². The average molecular weight is 501 g/mol. The second-order valence-electron chi connectivity index (χ2n) is 14.7. The van der Waals surface area contributed by atoms with Crippen LogP contribution in [-0.4, -0.2) is 30.6 Å². The highest BCUT2D eigenvalue weighted by molar-refractivity contribution is 5.69. The fourth-order valence-electron chi connectivity index (χ4n) is 10.9. The maximum absolute atomic E-state index is 12.3. The van der Waals surface area contributed by atoms with E-state index in [-0.39, 0.29) is 17.9 Å². The Labute approximate surface area is 220 Å². The van der Waals surface area contributed by atoms with Gasteiger partial charge in [0.15, 0.2) is 5.79 Å². The molecule has 6 rings (SSSR count). The van der Waals surface area contributed by atoms with Crippen molar-refractivity contribution in [1.82, 2.24) is 0 Å². The van der Waals surface area contributed by atoms with E-state index >= 15 is 0 Å². The zero-order valence-electron chi connectivity index (χ0n) is 23.7. The lowest BCUT2D eigenvalue weighted by Gasteiger charge is -2.61. The summed E-state index contributed by atoms with van der Waals surface area (Å²) in [6.07, 6.45) is 15.6. The Bertz CT molecular complexity index is 832. The van der Waals surface area contributed by atoms with Crippen LogP contribution in [0.3, 0.4) is 0 Å². The Kier molecular flexibility index (Phi) is 6.59. The van der Waals surface area contributed by atoms with Gasteiger partial charge in [-0.15, -0.1) is 0 Å². The maximum atomic E-state index is 12.3. The van der Waals surface area contributed by atoms with Gasteiger partial charge >= 0.3 is 5.97 Å². The molecule has 6 aliphatic rings. The predicted octanol–water partition coefficient (Wildman–Crippen LogP) is 7.53. The summed E-state index contributed by atoms with van der Waals surface area (Å²) in [6, 6.07) is 0. The quantitative estimate of drug-likeness (QED) is 0.374. The van der Waals surface area contributed by atoms with Crippen LogP contribution < -0.4 is 0 Å². The zero-order chi connectivity index (χ0) is 25.3. The third-order valence-electron chi connectivity index (χ3n) is 12.9. The first-order valence-corrected chi connectivity index (χ1v) is 15.7. The standard InChI is InChI=1S/C32H52O4/c1-6-7-8-28(33)35-23-12-14-30(4)22(17-23)9-10-24-25(30)13-15-31(5)26(24)18-27-29(31)21(3)32(36-27)16-11-20(2)19-34-32/h20-27,29H,6-19H2,1-5H3. The van der Waals surface area contributed by atoms with Gasteiger partial charge in [0.2, 0.25) is 0 Å². The molecule has 1 spiro atoms. The third kappa shape index (κ3) is 3.85. The predicted molar refractivity (Wildman–Crippen MR) is 141 cm³/mol. The van der Waals surface area contributed by atoms with Crippen LogP contribution in [0.25, 0.3) is 0 Å². The smallest absolute Gasteiger partial charge is 0.306 e. The van der Waals surface area contributed by atoms with Gasteiger partial charge in [-0.25, -0.2) is 0 Å². The highest BCUT2D eigenvalue weighted by Crippen LogP contribution is 2.71. The number of ether oxygens (including phenoxy) is 3.